The lowest BCUT2D eigenvalue weighted by atomic mass is 9.94. The van der Waals surface area contributed by atoms with Crippen molar-refractivity contribution in [3.8, 4) is 28.0 Å². The van der Waals surface area contributed by atoms with E-state index in [2.05, 4.69) is 24.3 Å². The van der Waals surface area contributed by atoms with E-state index in [0.29, 0.717) is 24.6 Å². The van der Waals surface area contributed by atoms with Crippen LogP contribution in [0.2, 0.25) is 0 Å². The summed E-state index contributed by atoms with van der Waals surface area (Å²) in [4.78, 5) is 12.1. The second-order valence-electron chi connectivity index (χ2n) is 9.03. The molecule has 0 saturated carbocycles. The molecule has 0 aliphatic rings. The Morgan fingerprint density at radius 2 is 1.68 bits per heavy atom. The predicted molar refractivity (Wildman–Crippen MR) is 151 cm³/mol. The van der Waals surface area contributed by atoms with Crippen LogP contribution in [0.5, 0.6) is 5.75 Å². The summed E-state index contributed by atoms with van der Waals surface area (Å²) in [6.45, 7) is 2.86. The zero-order chi connectivity index (χ0) is 26.5. The van der Waals surface area contributed by atoms with Crippen LogP contribution < -0.4 is 16.2 Å². The third-order valence-corrected chi connectivity index (χ3v) is 6.50. The van der Waals surface area contributed by atoms with Crippen molar-refractivity contribution < 1.29 is 18.7 Å². The minimum absolute atomic E-state index is 0.148. The fourth-order valence-electron chi connectivity index (χ4n) is 4.60. The predicted octanol–water partition coefficient (Wildman–Crippen LogP) is 6.49. The maximum absolute atomic E-state index is 12.1. The van der Waals surface area contributed by atoms with Gasteiger partial charge in [-0.15, -0.1) is 0 Å². The number of carbonyl (C=O) groups is 1. The quantitative estimate of drug-likeness (QED) is 0.175. The van der Waals surface area contributed by atoms with Crippen molar-refractivity contribution in [1.29, 1.82) is 0 Å². The summed E-state index contributed by atoms with van der Waals surface area (Å²) in [5.41, 5.74) is 20.3. The fourth-order valence-corrected chi connectivity index (χ4v) is 4.60. The third kappa shape index (κ3) is 5.26. The third-order valence-electron chi connectivity index (χ3n) is 6.50. The maximum atomic E-state index is 12.1. The van der Waals surface area contributed by atoms with E-state index in [1.165, 1.54) is 0 Å². The molecule has 0 amide bonds. The Labute approximate surface area is 221 Å². The molecule has 0 unspecified atom stereocenters. The summed E-state index contributed by atoms with van der Waals surface area (Å²) in [7, 11) is 0. The van der Waals surface area contributed by atoms with Gasteiger partial charge in [-0.3, -0.25) is 4.79 Å². The van der Waals surface area contributed by atoms with E-state index in [1.807, 2.05) is 60.7 Å². The number of anilines is 1. The molecule has 38 heavy (non-hydrogen) atoms. The molecule has 1 aromatic heterocycles. The molecular weight excluding hydrogens is 476 g/mol. The SMILES string of the molecule is CCOC(=O)Cc1ccccc1OCc1coc2c(-c3ccccc3N)cc(-c3cccc(CN)c3)cc12. The summed E-state index contributed by atoms with van der Waals surface area (Å²) < 4.78 is 17.4. The van der Waals surface area contributed by atoms with Crippen molar-refractivity contribution in [2.75, 3.05) is 12.3 Å². The summed E-state index contributed by atoms with van der Waals surface area (Å²) >= 11 is 0. The second-order valence-corrected chi connectivity index (χ2v) is 9.03. The van der Waals surface area contributed by atoms with E-state index in [0.717, 1.165) is 49.9 Å². The Hall–Kier alpha value is -4.55. The minimum atomic E-state index is -0.285. The first kappa shape index (κ1) is 25.1. The van der Waals surface area contributed by atoms with Crippen LogP contribution in [-0.2, 0) is 29.1 Å². The van der Waals surface area contributed by atoms with Gasteiger partial charge in [-0.2, -0.15) is 0 Å². The molecule has 6 heteroatoms. The van der Waals surface area contributed by atoms with Crippen LogP contribution >= 0.6 is 0 Å². The van der Waals surface area contributed by atoms with E-state index < -0.39 is 0 Å². The molecule has 0 fully saturated rings. The highest BCUT2D eigenvalue weighted by Gasteiger charge is 2.17. The van der Waals surface area contributed by atoms with Crippen LogP contribution in [0.3, 0.4) is 0 Å². The Kier molecular flexibility index (Phi) is 7.43. The smallest absolute Gasteiger partial charge is 0.310 e. The number of benzene rings is 4. The van der Waals surface area contributed by atoms with Gasteiger partial charge in [0.05, 0.1) is 19.3 Å². The van der Waals surface area contributed by atoms with Gasteiger partial charge in [-0.25, -0.2) is 0 Å². The van der Waals surface area contributed by atoms with Crippen molar-refractivity contribution in [2.45, 2.75) is 26.5 Å². The molecule has 0 spiro atoms. The second kappa shape index (κ2) is 11.2. The lowest BCUT2D eigenvalue weighted by Crippen LogP contribution is -2.09. The van der Waals surface area contributed by atoms with Crippen LogP contribution in [0.25, 0.3) is 33.2 Å². The van der Waals surface area contributed by atoms with Crippen molar-refractivity contribution in [1.82, 2.24) is 0 Å². The molecule has 0 aliphatic heterocycles. The van der Waals surface area contributed by atoms with Crippen molar-refractivity contribution >= 4 is 22.6 Å². The van der Waals surface area contributed by atoms with Crippen LogP contribution in [0, 0.1) is 0 Å². The Balaban J connectivity index is 1.56. The normalized spacial score (nSPS) is 11.0. The highest BCUT2D eigenvalue weighted by molar-refractivity contribution is 6.00. The zero-order valence-corrected chi connectivity index (χ0v) is 21.3. The van der Waals surface area contributed by atoms with E-state index >= 15 is 0 Å². The van der Waals surface area contributed by atoms with Gasteiger partial charge in [0.25, 0.3) is 0 Å². The molecule has 0 saturated heterocycles. The number of furan rings is 1. The molecule has 5 aromatic rings. The van der Waals surface area contributed by atoms with Gasteiger partial charge in [0.15, 0.2) is 0 Å². The molecule has 0 bridgehead atoms. The van der Waals surface area contributed by atoms with Gasteiger partial charge in [0, 0.05) is 39.9 Å². The van der Waals surface area contributed by atoms with E-state index in [4.69, 9.17) is 25.4 Å². The molecule has 1 heterocycles. The van der Waals surface area contributed by atoms with Crippen LogP contribution in [0.4, 0.5) is 5.69 Å². The van der Waals surface area contributed by atoms with Gasteiger partial charge >= 0.3 is 5.97 Å². The van der Waals surface area contributed by atoms with Crippen LogP contribution in [0.1, 0.15) is 23.6 Å². The van der Waals surface area contributed by atoms with Crippen LogP contribution in [0.15, 0.2) is 95.6 Å². The first-order valence-electron chi connectivity index (χ1n) is 12.6. The number of hydrogen-bond acceptors (Lipinski definition) is 6. The first-order chi connectivity index (χ1) is 18.6. The number of hydrogen-bond donors (Lipinski definition) is 2. The molecule has 0 aliphatic carbocycles. The lowest BCUT2D eigenvalue weighted by molar-refractivity contribution is -0.142. The highest BCUT2D eigenvalue weighted by atomic mass is 16.5. The molecule has 6 nitrogen and oxygen atoms in total. The summed E-state index contributed by atoms with van der Waals surface area (Å²) in [5.74, 6) is 0.348. The number of para-hydroxylation sites is 2. The van der Waals surface area contributed by atoms with Crippen molar-refractivity contribution in [3.63, 3.8) is 0 Å². The van der Waals surface area contributed by atoms with E-state index in [1.54, 1.807) is 13.2 Å². The van der Waals surface area contributed by atoms with E-state index in [-0.39, 0.29) is 19.0 Å². The largest absolute Gasteiger partial charge is 0.488 e. The minimum Gasteiger partial charge on any atom is -0.488 e. The standard InChI is InChI=1S/C32H30N2O4/c1-2-36-31(35)17-23-9-3-6-13-30(23)37-19-25-20-38-32-27(25)15-24(22-10-7-8-21(14-22)18-33)16-28(32)26-11-4-5-12-29(26)34/h3-16,20H,2,17-19,33-34H2,1H3. The molecule has 192 valence electrons. The topological polar surface area (TPSA) is 101 Å². The molecule has 0 atom stereocenters. The van der Waals surface area contributed by atoms with Gasteiger partial charge < -0.3 is 25.4 Å². The Morgan fingerprint density at radius 1 is 0.868 bits per heavy atom. The average Bonchev–Trinajstić information content (AvgIpc) is 3.35. The number of esters is 1. The van der Waals surface area contributed by atoms with Gasteiger partial charge in [0.2, 0.25) is 0 Å². The average molecular weight is 507 g/mol. The molecule has 4 aromatic carbocycles. The monoisotopic (exact) mass is 506 g/mol. The molecule has 0 radical (unpaired) electrons. The number of ether oxygens (including phenoxy) is 2. The van der Waals surface area contributed by atoms with Gasteiger partial charge in [0.1, 0.15) is 17.9 Å². The molecular formula is C32H30N2O4. The number of rotatable bonds is 9. The maximum Gasteiger partial charge on any atom is 0.310 e. The summed E-state index contributed by atoms with van der Waals surface area (Å²) in [5, 5.41) is 0.932. The van der Waals surface area contributed by atoms with Crippen molar-refractivity contribution in [2.24, 2.45) is 5.73 Å². The Morgan fingerprint density at radius 3 is 2.50 bits per heavy atom. The van der Waals surface area contributed by atoms with Crippen molar-refractivity contribution in [3.05, 3.63) is 108 Å². The zero-order valence-electron chi connectivity index (χ0n) is 21.3. The van der Waals surface area contributed by atoms with E-state index in [9.17, 15) is 4.79 Å². The highest BCUT2D eigenvalue weighted by Crippen LogP contribution is 2.39. The fraction of sp³-hybridized carbons (Fsp3) is 0.156. The van der Waals surface area contributed by atoms with Gasteiger partial charge in [-0.05, 0) is 53.9 Å². The summed E-state index contributed by atoms with van der Waals surface area (Å²) in [6.07, 6.45) is 1.87. The number of carbonyl (C=O) groups excluding carboxylic acids is 1. The number of fused-ring (bicyclic) bond motifs is 1. The summed E-state index contributed by atoms with van der Waals surface area (Å²) in [6, 6.07) is 27.7. The lowest BCUT2D eigenvalue weighted by Gasteiger charge is -2.12. The number of nitrogen functional groups attached to an aromatic ring is 1. The van der Waals surface area contributed by atoms with Gasteiger partial charge in [-0.1, -0.05) is 54.6 Å². The molecule has 5 rings (SSSR count). The Bertz CT molecular complexity index is 1590. The molecule has 4 N–H and O–H groups in total. The van der Waals surface area contributed by atoms with Crippen LogP contribution in [-0.4, -0.2) is 12.6 Å². The number of nitrogens with two attached hydrogens (primary N) is 2. The first-order valence-corrected chi connectivity index (χ1v) is 12.6.